The first kappa shape index (κ1) is 11.1. The van der Waals surface area contributed by atoms with Gasteiger partial charge in [0.15, 0.2) is 0 Å². The highest BCUT2D eigenvalue weighted by molar-refractivity contribution is 6.61. The number of hydrogen-bond acceptors (Lipinski definition) is 3. The van der Waals surface area contributed by atoms with Gasteiger partial charge in [-0.15, -0.1) is 0 Å². The van der Waals surface area contributed by atoms with E-state index < -0.39 is 0 Å². The molecule has 0 heterocycles. The summed E-state index contributed by atoms with van der Waals surface area (Å²) in [7, 11) is 7.00. The Bertz CT molecular complexity index is 287. The van der Waals surface area contributed by atoms with Crippen LogP contribution in [0.25, 0.3) is 0 Å². The van der Waals surface area contributed by atoms with Gasteiger partial charge in [-0.05, 0) is 17.6 Å². The van der Waals surface area contributed by atoms with Crippen LogP contribution in [0, 0.1) is 0 Å². The van der Waals surface area contributed by atoms with Crippen molar-refractivity contribution < 1.29 is 9.31 Å². The average Bonchev–Trinajstić information content (AvgIpc) is 2.20. The van der Waals surface area contributed by atoms with Crippen molar-refractivity contribution in [3.05, 3.63) is 24.3 Å². The van der Waals surface area contributed by atoms with Crippen LogP contribution in [0.15, 0.2) is 24.3 Å². The number of nitrogens with zero attached hydrogens (tertiary/aromatic N) is 1. The molecule has 0 atom stereocenters. The molecule has 1 aromatic rings. The lowest BCUT2D eigenvalue weighted by molar-refractivity contribution is 0.292. The molecule has 1 rings (SSSR count). The van der Waals surface area contributed by atoms with Crippen LogP contribution in [0.1, 0.15) is 0 Å². The van der Waals surface area contributed by atoms with Crippen LogP contribution in [-0.2, 0) is 9.31 Å². The van der Waals surface area contributed by atoms with E-state index in [1.165, 1.54) is 0 Å². The summed E-state index contributed by atoms with van der Waals surface area (Å²) in [6, 6.07) is 8.09. The van der Waals surface area contributed by atoms with Crippen LogP contribution in [0.4, 0.5) is 5.69 Å². The molecule has 0 fully saturated rings. The molecule has 0 saturated heterocycles. The number of anilines is 1. The van der Waals surface area contributed by atoms with Crippen LogP contribution in [0.5, 0.6) is 0 Å². The molecule has 0 aromatic heterocycles. The molecule has 1 aromatic carbocycles. The van der Waals surface area contributed by atoms with Gasteiger partial charge in [-0.25, -0.2) is 0 Å². The van der Waals surface area contributed by atoms with Gasteiger partial charge in [-0.3, -0.25) is 0 Å². The van der Waals surface area contributed by atoms with E-state index in [-0.39, 0.29) is 7.12 Å². The quantitative estimate of drug-likeness (QED) is 0.658. The van der Waals surface area contributed by atoms with E-state index in [0.717, 1.165) is 11.2 Å². The van der Waals surface area contributed by atoms with Gasteiger partial charge >= 0.3 is 7.12 Å². The first-order chi connectivity index (χ1) is 6.69. The zero-order valence-corrected chi connectivity index (χ0v) is 9.15. The monoisotopic (exact) mass is 193 g/mol. The summed E-state index contributed by atoms with van der Waals surface area (Å²) in [5.74, 6) is 0. The third kappa shape index (κ3) is 2.50. The van der Waals surface area contributed by atoms with E-state index in [9.17, 15) is 0 Å². The molecule has 0 aliphatic rings. The normalized spacial score (nSPS) is 10.0. The highest BCUT2D eigenvalue weighted by Crippen LogP contribution is 2.08. The van der Waals surface area contributed by atoms with Gasteiger partial charge in [0.25, 0.3) is 0 Å². The topological polar surface area (TPSA) is 21.7 Å². The zero-order valence-electron chi connectivity index (χ0n) is 9.15. The minimum Gasteiger partial charge on any atom is -0.410 e. The Kier molecular flexibility index (Phi) is 3.98. The van der Waals surface area contributed by atoms with Crippen LogP contribution < -0.4 is 10.4 Å². The minimum absolute atomic E-state index is 0.283. The molecule has 0 aliphatic heterocycles. The summed E-state index contributed by atoms with van der Waals surface area (Å²) in [5.41, 5.74) is 2.17. The molecule has 0 saturated carbocycles. The minimum atomic E-state index is -0.283. The highest BCUT2D eigenvalue weighted by Gasteiger charge is 2.17. The van der Waals surface area contributed by atoms with E-state index in [2.05, 4.69) is 6.07 Å². The summed E-state index contributed by atoms with van der Waals surface area (Å²) in [6.45, 7) is 0. The summed E-state index contributed by atoms with van der Waals surface area (Å²) in [4.78, 5) is 2.05. The fourth-order valence-corrected chi connectivity index (χ4v) is 1.32. The zero-order chi connectivity index (χ0) is 10.6. The third-order valence-corrected chi connectivity index (χ3v) is 2.09. The van der Waals surface area contributed by atoms with Crippen molar-refractivity contribution in [3.63, 3.8) is 0 Å². The Hall–Kier alpha value is -0.995. The molecule has 0 spiro atoms. The predicted octanol–water partition coefficient (Wildman–Crippen LogP) is 0.741. The summed E-state index contributed by atoms with van der Waals surface area (Å²) >= 11 is 0. The molecule has 0 N–H and O–H groups in total. The Balaban J connectivity index is 2.92. The van der Waals surface area contributed by atoms with Crippen LogP contribution >= 0.6 is 0 Å². The van der Waals surface area contributed by atoms with Crippen molar-refractivity contribution in [1.82, 2.24) is 0 Å². The number of rotatable bonds is 4. The van der Waals surface area contributed by atoms with Crippen molar-refractivity contribution in [2.75, 3.05) is 33.2 Å². The molecule has 0 unspecified atom stereocenters. The van der Waals surface area contributed by atoms with Gasteiger partial charge in [0.05, 0.1) is 0 Å². The van der Waals surface area contributed by atoms with Gasteiger partial charge in [-0.1, -0.05) is 12.1 Å². The molecule has 0 radical (unpaired) electrons. The summed E-state index contributed by atoms with van der Waals surface area (Å²) in [6.07, 6.45) is 0. The molecule has 0 amide bonds. The second kappa shape index (κ2) is 5.03. The molecule has 0 aliphatic carbocycles. The number of hydrogen-bond donors (Lipinski definition) is 0. The Labute approximate surface area is 85.8 Å². The second-order valence-corrected chi connectivity index (χ2v) is 3.29. The van der Waals surface area contributed by atoms with Crippen LogP contribution in [-0.4, -0.2) is 35.4 Å². The SMILES string of the molecule is COB(OC)c1cccc(N(C)C)c1. The summed E-state index contributed by atoms with van der Waals surface area (Å²) < 4.78 is 10.4. The maximum atomic E-state index is 5.18. The van der Waals surface area contributed by atoms with E-state index in [0.29, 0.717) is 0 Å². The van der Waals surface area contributed by atoms with Crippen LogP contribution in [0.2, 0.25) is 0 Å². The smallest absolute Gasteiger partial charge is 0.410 e. The lowest BCUT2D eigenvalue weighted by Crippen LogP contribution is -2.35. The lowest BCUT2D eigenvalue weighted by Gasteiger charge is -2.15. The van der Waals surface area contributed by atoms with Crippen molar-refractivity contribution in [1.29, 1.82) is 0 Å². The molecular formula is C10H16BNO2. The number of benzene rings is 1. The first-order valence-electron chi connectivity index (χ1n) is 4.52. The Morgan fingerprint density at radius 1 is 1.14 bits per heavy atom. The lowest BCUT2D eigenvalue weighted by atomic mass is 9.79. The highest BCUT2D eigenvalue weighted by atomic mass is 16.6. The van der Waals surface area contributed by atoms with Gasteiger partial charge in [0, 0.05) is 34.0 Å². The fourth-order valence-electron chi connectivity index (χ4n) is 1.32. The van der Waals surface area contributed by atoms with Crippen LogP contribution in [0.3, 0.4) is 0 Å². The molecule has 4 heteroatoms. The van der Waals surface area contributed by atoms with Crippen molar-refractivity contribution >= 4 is 18.3 Å². The van der Waals surface area contributed by atoms with Gasteiger partial charge < -0.3 is 14.2 Å². The third-order valence-electron chi connectivity index (χ3n) is 2.09. The van der Waals surface area contributed by atoms with E-state index in [4.69, 9.17) is 9.31 Å². The average molecular weight is 193 g/mol. The van der Waals surface area contributed by atoms with Crippen molar-refractivity contribution in [3.8, 4) is 0 Å². The Morgan fingerprint density at radius 3 is 2.29 bits per heavy atom. The standard InChI is InChI=1S/C10H16BNO2/c1-12(2)10-7-5-6-9(8-10)11(13-3)14-4/h5-8H,1-4H3. The van der Waals surface area contributed by atoms with Gasteiger partial charge in [0.2, 0.25) is 0 Å². The predicted molar refractivity (Wildman–Crippen MR) is 60.2 cm³/mol. The van der Waals surface area contributed by atoms with E-state index in [1.807, 2.05) is 37.2 Å². The van der Waals surface area contributed by atoms with Crippen molar-refractivity contribution in [2.45, 2.75) is 0 Å². The van der Waals surface area contributed by atoms with E-state index >= 15 is 0 Å². The molecular weight excluding hydrogens is 177 g/mol. The van der Waals surface area contributed by atoms with E-state index in [1.54, 1.807) is 14.2 Å². The van der Waals surface area contributed by atoms with Gasteiger partial charge in [0.1, 0.15) is 0 Å². The maximum Gasteiger partial charge on any atom is 0.493 e. The fraction of sp³-hybridized carbons (Fsp3) is 0.400. The van der Waals surface area contributed by atoms with Gasteiger partial charge in [-0.2, -0.15) is 0 Å². The Morgan fingerprint density at radius 2 is 1.79 bits per heavy atom. The molecule has 14 heavy (non-hydrogen) atoms. The summed E-state index contributed by atoms with van der Waals surface area (Å²) in [5, 5.41) is 0. The maximum absolute atomic E-state index is 5.18. The first-order valence-corrected chi connectivity index (χ1v) is 4.52. The second-order valence-electron chi connectivity index (χ2n) is 3.29. The molecule has 3 nitrogen and oxygen atoms in total. The van der Waals surface area contributed by atoms with Crippen molar-refractivity contribution in [2.24, 2.45) is 0 Å². The molecule has 76 valence electrons. The molecule has 0 bridgehead atoms. The largest absolute Gasteiger partial charge is 0.493 e.